The first-order chi connectivity index (χ1) is 14.6. The lowest BCUT2D eigenvalue weighted by atomic mass is 9.89. The van der Waals surface area contributed by atoms with Gasteiger partial charge in [-0.1, -0.05) is 12.1 Å². The molecule has 0 bridgehead atoms. The number of piperidine rings is 2. The Morgan fingerprint density at radius 2 is 1.83 bits per heavy atom. The van der Waals surface area contributed by atoms with Crippen LogP contribution in [-0.4, -0.2) is 67.4 Å². The molecule has 4 N–H and O–H groups in total. The predicted molar refractivity (Wildman–Crippen MR) is 114 cm³/mol. The molecule has 3 aliphatic heterocycles. The Bertz CT molecular complexity index is 767. The van der Waals surface area contributed by atoms with Crippen LogP contribution < -0.4 is 21.3 Å². The van der Waals surface area contributed by atoms with Crippen molar-refractivity contribution in [3.63, 3.8) is 0 Å². The van der Waals surface area contributed by atoms with Crippen molar-refractivity contribution in [2.75, 3.05) is 38.0 Å². The fourth-order valence-corrected chi connectivity index (χ4v) is 4.56. The zero-order valence-electron chi connectivity index (χ0n) is 17.3. The molecule has 30 heavy (non-hydrogen) atoms. The molecule has 3 heterocycles. The van der Waals surface area contributed by atoms with E-state index in [0.29, 0.717) is 25.3 Å². The SMILES string of the molecule is O=C1CCC(Nc2ccc(C3CCN(CC(=O)NC4CCNC4)CC3)cc2)C(=O)N1. The van der Waals surface area contributed by atoms with E-state index in [-0.39, 0.29) is 29.8 Å². The van der Waals surface area contributed by atoms with Crippen LogP contribution in [0.25, 0.3) is 0 Å². The molecule has 3 saturated heterocycles. The predicted octanol–water partition coefficient (Wildman–Crippen LogP) is 0.561. The van der Waals surface area contributed by atoms with Crippen LogP contribution in [0.15, 0.2) is 24.3 Å². The second kappa shape index (κ2) is 9.57. The van der Waals surface area contributed by atoms with E-state index in [9.17, 15) is 14.4 Å². The molecule has 2 unspecified atom stereocenters. The quantitative estimate of drug-likeness (QED) is 0.509. The van der Waals surface area contributed by atoms with Gasteiger partial charge < -0.3 is 16.0 Å². The highest BCUT2D eigenvalue weighted by Gasteiger charge is 2.27. The molecule has 8 heteroatoms. The summed E-state index contributed by atoms with van der Waals surface area (Å²) in [4.78, 5) is 37.6. The average Bonchev–Trinajstić information content (AvgIpc) is 3.24. The minimum Gasteiger partial charge on any atom is -0.374 e. The lowest BCUT2D eigenvalue weighted by Crippen LogP contribution is -2.47. The molecular weight excluding hydrogens is 382 g/mol. The van der Waals surface area contributed by atoms with Crippen molar-refractivity contribution in [1.82, 2.24) is 20.9 Å². The molecule has 0 spiro atoms. The molecule has 162 valence electrons. The Hall–Kier alpha value is -2.45. The summed E-state index contributed by atoms with van der Waals surface area (Å²) in [6.07, 6.45) is 3.99. The number of rotatable bonds is 6. The highest BCUT2D eigenvalue weighted by Crippen LogP contribution is 2.29. The Kier molecular flexibility index (Phi) is 6.64. The highest BCUT2D eigenvalue weighted by atomic mass is 16.2. The zero-order chi connectivity index (χ0) is 20.9. The van der Waals surface area contributed by atoms with Gasteiger partial charge in [-0.3, -0.25) is 24.6 Å². The summed E-state index contributed by atoms with van der Waals surface area (Å²) in [6.45, 7) is 4.20. The number of nitrogens with one attached hydrogen (secondary N) is 4. The number of hydrogen-bond acceptors (Lipinski definition) is 6. The van der Waals surface area contributed by atoms with Crippen molar-refractivity contribution >= 4 is 23.4 Å². The number of imide groups is 1. The summed E-state index contributed by atoms with van der Waals surface area (Å²) in [6, 6.07) is 8.18. The molecule has 0 radical (unpaired) electrons. The topological polar surface area (TPSA) is 103 Å². The third-order valence-electron chi connectivity index (χ3n) is 6.34. The van der Waals surface area contributed by atoms with Crippen LogP contribution in [0.4, 0.5) is 5.69 Å². The van der Waals surface area contributed by atoms with E-state index in [4.69, 9.17) is 0 Å². The van der Waals surface area contributed by atoms with E-state index in [0.717, 1.165) is 51.1 Å². The fraction of sp³-hybridized carbons (Fsp3) is 0.591. The summed E-state index contributed by atoms with van der Waals surface area (Å²) in [5.41, 5.74) is 2.19. The van der Waals surface area contributed by atoms with Gasteiger partial charge in [0.2, 0.25) is 17.7 Å². The molecule has 0 saturated carbocycles. The van der Waals surface area contributed by atoms with Crippen molar-refractivity contribution in [2.24, 2.45) is 0 Å². The van der Waals surface area contributed by atoms with Crippen LogP contribution >= 0.6 is 0 Å². The van der Waals surface area contributed by atoms with Gasteiger partial charge in [-0.05, 0) is 68.9 Å². The maximum absolute atomic E-state index is 12.2. The van der Waals surface area contributed by atoms with E-state index in [1.165, 1.54) is 5.56 Å². The van der Waals surface area contributed by atoms with E-state index in [2.05, 4.69) is 38.3 Å². The van der Waals surface area contributed by atoms with Crippen LogP contribution in [0, 0.1) is 0 Å². The van der Waals surface area contributed by atoms with Gasteiger partial charge in [-0.15, -0.1) is 0 Å². The second-order valence-corrected chi connectivity index (χ2v) is 8.58. The summed E-state index contributed by atoms with van der Waals surface area (Å²) in [5.74, 6) is 0.169. The van der Waals surface area contributed by atoms with Crippen LogP contribution in [0.3, 0.4) is 0 Å². The molecule has 0 aliphatic carbocycles. The molecule has 0 aromatic heterocycles. The van der Waals surface area contributed by atoms with E-state index >= 15 is 0 Å². The molecule has 3 aliphatic rings. The summed E-state index contributed by atoms with van der Waals surface area (Å²) in [5, 5.41) is 12.0. The first kappa shape index (κ1) is 20.8. The third kappa shape index (κ3) is 5.37. The zero-order valence-corrected chi connectivity index (χ0v) is 17.3. The molecule has 4 rings (SSSR count). The van der Waals surface area contributed by atoms with Gasteiger partial charge in [0.05, 0.1) is 6.54 Å². The van der Waals surface area contributed by atoms with Gasteiger partial charge in [-0.2, -0.15) is 0 Å². The lowest BCUT2D eigenvalue weighted by Gasteiger charge is -2.32. The maximum atomic E-state index is 12.2. The standard InChI is InChI=1S/C22H31N5O3/c28-20-6-5-19(22(30)26-20)24-17-3-1-15(2-4-17)16-8-11-27(12-9-16)14-21(29)25-18-7-10-23-13-18/h1-4,16,18-19,23-24H,5-14H2,(H,25,29)(H,26,28,30). The van der Waals surface area contributed by atoms with E-state index in [1.807, 2.05) is 12.1 Å². The molecule has 1 aromatic carbocycles. The van der Waals surface area contributed by atoms with Gasteiger partial charge in [0, 0.05) is 24.7 Å². The largest absolute Gasteiger partial charge is 0.374 e. The van der Waals surface area contributed by atoms with Crippen molar-refractivity contribution in [3.8, 4) is 0 Å². The number of likely N-dealkylation sites (tertiary alicyclic amines) is 1. The maximum Gasteiger partial charge on any atom is 0.249 e. The molecule has 8 nitrogen and oxygen atoms in total. The van der Waals surface area contributed by atoms with Crippen LogP contribution in [-0.2, 0) is 14.4 Å². The van der Waals surface area contributed by atoms with E-state index < -0.39 is 0 Å². The Labute approximate surface area is 177 Å². The third-order valence-corrected chi connectivity index (χ3v) is 6.34. The Morgan fingerprint density at radius 3 is 2.50 bits per heavy atom. The number of carbonyl (C=O) groups excluding carboxylic acids is 3. The van der Waals surface area contributed by atoms with Crippen LogP contribution in [0.5, 0.6) is 0 Å². The first-order valence-corrected chi connectivity index (χ1v) is 11.0. The molecule has 2 atom stereocenters. The van der Waals surface area contributed by atoms with Crippen molar-refractivity contribution in [1.29, 1.82) is 0 Å². The Morgan fingerprint density at radius 1 is 1.07 bits per heavy atom. The number of benzene rings is 1. The van der Waals surface area contributed by atoms with Crippen molar-refractivity contribution in [3.05, 3.63) is 29.8 Å². The minimum absolute atomic E-state index is 0.131. The summed E-state index contributed by atoms with van der Waals surface area (Å²) >= 11 is 0. The monoisotopic (exact) mass is 413 g/mol. The van der Waals surface area contributed by atoms with Crippen molar-refractivity contribution < 1.29 is 14.4 Å². The summed E-state index contributed by atoms with van der Waals surface area (Å²) in [7, 11) is 0. The number of anilines is 1. The lowest BCUT2D eigenvalue weighted by molar-refractivity contribution is -0.133. The molecular formula is C22H31N5O3. The van der Waals surface area contributed by atoms with Gasteiger partial charge >= 0.3 is 0 Å². The number of nitrogens with zero attached hydrogens (tertiary/aromatic N) is 1. The van der Waals surface area contributed by atoms with Gasteiger partial charge in [-0.25, -0.2) is 0 Å². The van der Waals surface area contributed by atoms with Gasteiger partial charge in [0.15, 0.2) is 0 Å². The average molecular weight is 414 g/mol. The van der Waals surface area contributed by atoms with E-state index in [1.54, 1.807) is 0 Å². The minimum atomic E-state index is -0.358. The smallest absolute Gasteiger partial charge is 0.249 e. The number of hydrogen-bond donors (Lipinski definition) is 4. The van der Waals surface area contributed by atoms with Gasteiger partial charge in [0.1, 0.15) is 6.04 Å². The first-order valence-electron chi connectivity index (χ1n) is 11.0. The normalized spacial score (nSPS) is 25.7. The number of amides is 3. The van der Waals surface area contributed by atoms with Crippen LogP contribution in [0.2, 0.25) is 0 Å². The summed E-state index contributed by atoms with van der Waals surface area (Å²) < 4.78 is 0. The van der Waals surface area contributed by atoms with Crippen molar-refractivity contribution in [2.45, 2.75) is 50.1 Å². The van der Waals surface area contributed by atoms with Crippen LogP contribution in [0.1, 0.15) is 43.6 Å². The second-order valence-electron chi connectivity index (χ2n) is 8.58. The number of carbonyl (C=O) groups is 3. The highest BCUT2D eigenvalue weighted by molar-refractivity contribution is 6.01. The molecule has 3 fully saturated rings. The Balaban J connectivity index is 1.22. The fourth-order valence-electron chi connectivity index (χ4n) is 4.56. The molecule has 3 amide bonds. The molecule has 1 aromatic rings. The van der Waals surface area contributed by atoms with Gasteiger partial charge in [0.25, 0.3) is 0 Å².